The van der Waals surface area contributed by atoms with E-state index in [1.165, 1.54) is 29.2 Å². The van der Waals surface area contributed by atoms with Crippen LogP contribution in [0.4, 0.5) is 11.4 Å². The monoisotopic (exact) mass is 491 g/mol. The Balaban J connectivity index is 1.41. The van der Waals surface area contributed by atoms with E-state index in [4.69, 9.17) is 9.47 Å². The van der Waals surface area contributed by atoms with Crippen molar-refractivity contribution in [1.82, 2.24) is 4.31 Å². The molecule has 0 radical (unpaired) electrons. The highest BCUT2D eigenvalue weighted by Gasteiger charge is 2.33. The van der Waals surface area contributed by atoms with Crippen molar-refractivity contribution in [2.45, 2.75) is 22.6 Å². The molecule has 2 aliphatic heterocycles. The molecule has 33 heavy (non-hydrogen) atoms. The fourth-order valence-electron chi connectivity index (χ4n) is 3.87. The Labute approximate surface area is 196 Å². The molecule has 2 aromatic carbocycles. The normalized spacial score (nSPS) is 17.1. The molecule has 2 aromatic rings. The van der Waals surface area contributed by atoms with Gasteiger partial charge in [0.05, 0.1) is 36.2 Å². The summed E-state index contributed by atoms with van der Waals surface area (Å²) in [5.41, 5.74) is 1.05. The maximum absolute atomic E-state index is 13.1. The van der Waals surface area contributed by atoms with Gasteiger partial charge in [-0.2, -0.15) is 4.31 Å². The summed E-state index contributed by atoms with van der Waals surface area (Å²) in [5, 5.41) is 5.60. The maximum atomic E-state index is 13.1. The first-order valence-electron chi connectivity index (χ1n) is 10.4. The molecule has 2 aliphatic rings. The molecular formula is C22H25N3O6S2. The number of carbonyl (C=O) groups excluding carboxylic acids is 2. The van der Waals surface area contributed by atoms with Gasteiger partial charge in [-0.3, -0.25) is 9.59 Å². The van der Waals surface area contributed by atoms with Gasteiger partial charge < -0.3 is 20.1 Å². The van der Waals surface area contributed by atoms with Crippen LogP contribution in [0.25, 0.3) is 0 Å². The second-order valence-electron chi connectivity index (χ2n) is 7.73. The van der Waals surface area contributed by atoms with Crippen LogP contribution in [-0.2, 0) is 19.6 Å². The summed E-state index contributed by atoms with van der Waals surface area (Å²) < 4.78 is 38.2. The van der Waals surface area contributed by atoms with E-state index in [1.807, 2.05) is 0 Å². The standard InChI is InChI=1S/C22H25N3O6S2/c1-30-15-3-5-17(19(11-15)31-2)24-22(27)14-7-9-25(10-8-14)33(28,29)16-4-6-20-18(12-16)23-21(26)13-32-20/h3-6,11-12,14H,7-10,13H2,1-2H3,(H,23,26)(H,24,27). The number of ether oxygens (including phenoxy) is 2. The minimum Gasteiger partial charge on any atom is -0.497 e. The number of amides is 2. The predicted octanol–water partition coefficient (Wildman–Crippen LogP) is 2.79. The summed E-state index contributed by atoms with van der Waals surface area (Å²) in [6, 6.07) is 9.91. The third-order valence-corrected chi connectivity index (χ3v) is 8.68. The second kappa shape index (κ2) is 9.62. The van der Waals surface area contributed by atoms with Crippen LogP contribution in [0.5, 0.6) is 11.5 Å². The lowest BCUT2D eigenvalue weighted by atomic mass is 9.97. The lowest BCUT2D eigenvalue weighted by molar-refractivity contribution is -0.121. The van der Waals surface area contributed by atoms with Gasteiger partial charge in [0.25, 0.3) is 0 Å². The van der Waals surface area contributed by atoms with Gasteiger partial charge in [0, 0.05) is 30.0 Å². The van der Waals surface area contributed by atoms with Gasteiger partial charge in [-0.05, 0) is 43.2 Å². The first-order chi connectivity index (χ1) is 15.8. The summed E-state index contributed by atoms with van der Waals surface area (Å²) >= 11 is 1.38. The van der Waals surface area contributed by atoms with E-state index in [-0.39, 0.29) is 35.7 Å². The highest BCUT2D eigenvalue weighted by atomic mass is 32.2. The van der Waals surface area contributed by atoms with Gasteiger partial charge in [-0.15, -0.1) is 11.8 Å². The number of carbonyl (C=O) groups is 2. The molecule has 0 aliphatic carbocycles. The molecule has 1 fully saturated rings. The Morgan fingerprint density at radius 1 is 1.12 bits per heavy atom. The molecule has 2 N–H and O–H groups in total. The molecule has 0 bridgehead atoms. The molecule has 1 saturated heterocycles. The van der Waals surface area contributed by atoms with Crippen molar-refractivity contribution < 1.29 is 27.5 Å². The van der Waals surface area contributed by atoms with E-state index < -0.39 is 10.0 Å². The number of piperidine rings is 1. The molecule has 0 atom stereocenters. The molecule has 176 valence electrons. The van der Waals surface area contributed by atoms with Crippen molar-refractivity contribution in [3.63, 3.8) is 0 Å². The zero-order valence-electron chi connectivity index (χ0n) is 18.3. The quantitative estimate of drug-likeness (QED) is 0.639. The summed E-state index contributed by atoms with van der Waals surface area (Å²) in [7, 11) is -0.670. The van der Waals surface area contributed by atoms with Crippen molar-refractivity contribution >= 4 is 45.0 Å². The summed E-state index contributed by atoms with van der Waals surface area (Å²) in [6.07, 6.45) is 0.808. The molecule has 2 amide bonds. The van der Waals surface area contributed by atoms with Crippen LogP contribution < -0.4 is 20.1 Å². The van der Waals surface area contributed by atoms with Crippen LogP contribution in [0, 0.1) is 5.92 Å². The lowest BCUT2D eigenvalue weighted by Crippen LogP contribution is -2.41. The Kier molecular flexibility index (Phi) is 6.82. The Morgan fingerprint density at radius 2 is 1.88 bits per heavy atom. The van der Waals surface area contributed by atoms with Crippen LogP contribution in [-0.4, -0.2) is 57.6 Å². The zero-order valence-corrected chi connectivity index (χ0v) is 19.9. The van der Waals surface area contributed by atoms with Crippen molar-refractivity contribution in [1.29, 1.82) is 0 Å². The topological polar surface area (TPSA) is 114 Å². The molecular weight excluding hydrogens is 466 g/mol. The summed E-state index contributed by atoms with van der Waals surface area (Å²) in [5.74, 6) is 0.773. The first kappa shape index (κ1) is 23.4. The summed E-state index contributed by atoms with van der Waals surface area (Å²) in [4.78, 5) is 25.4. The average molecular weight is 492 g/mol. The number of hydrogen-bond donors (Lipinski definition) is 2. The Bertz CT molecular complexity index is 1180. The van der Waals surface area contributed by atoms with E-state index in [1.54, 1.807) is 37.4 Å². The summed E-state index contributed by atoms with van der Waals surface area (Å²) in [6.45, 7) is 0.469. The third-order valence-electron chi connectivity index (χ3n) is 5.71. The molecule has 0 saturated carbocycles. The molecule has 0 spiro atoms. The van der Waals surface area contributed by atoms with Crippen molar-refractivity contribution in [2.24, 2.45) is 5.92 Å². The zero-order chi connectivity index (χ0) is 23.6. The van der Waals surface area contributed by atoms with Gasteiger partial charge in [0.15, 0.2) is 0 Å². The fraction of sp³-hybridized carbons (Fsp3) is 0.364. The number of rotatable bonds is 6. The minimum atomic E-state index is -3.73. The van der Waals surface area contributed by atoms with Gasteiger partial charge in [0.1, 0.15) is 11.5 Å². The number of nitrogens with zero attached hydrogens (tertiary/aromatic N) is 1. The SMILES string of the molecule is COc1ccc(NC(=O)C2CCN(S(=O)(=O)c3ccc4c(c3)NC(=O)CS4)CC2)c(OC)c1. The second-order valence-corrected chi connectivity index (χ2v) is 10.7. The predicted molar refractivity (Wildman–Crippen MR) is 125 cm³/mol. The molecule has 4 rings (SSSR count). The molecule has 11 heteroatoms. The number of hydrogen-bond acceptors (Lipinski definition) is 7. The van der Waals surface area contributed by atoms with Crippen molar-refractivity contribution in [3.05, 3.63) is 36.4 Å². The van der Waals surface area contributed by atoms with E-state index >= 15 is 0 Å². The Hall–Kier alpha value is -2.76. The lowest BCUT2D eigenvalue weighted by Gasteiger charge is -2.31. The van der Waals surface area contributed by atoms with Crippen LogP contribution >= 0.6 is 11.8 Å². The van der Waals surface area contributed by atoms with Gasteiger partial charge in [0.2, 0.25) is 21.8 Å². The Morgan fingerprint density at radius 3 is 2.58 bits per heavy atom. The van der Waals surface area contributed by atoms with Crippen molar-refractivity contribution in [3.8, 4) is 11.5 Å². The van der Waals surface area contributed by atoms with Gasteiger partial charge >= 0.3 is 0 Å². The van der Waals surface area contributed by atoms with Gasteiger partial charge in [-0.25, -0.2) is 8.42 Å². The number of anilines is 2. The van der Waals surface area contributed by atoms with E-state index in [0.717, 1.165) is 4.90 Å². The number of benzene rings is 2. The highest BCUT2D eigenvalue weighted by molar-refractivity contribution is 8.00. The van der Waals surface area contributed by atoms with Crippen LogP contribution in [0.2, 0.25) is 0 Å². The van der Waals surface area contributed by atoms with E-state index in [2.05, 4.69) is 10.6 Å². The van der Waals surface area contributed by atoms with Crippen LogP contribution in [0.3, 0.4) is 0 Å². The number of fused-ring (bicyclic) bond motifs is 1. The fourth-order valence-corrected chi connectivity index (χ4v) is 6.15. The number of thioether (sulfide) groups is 1. The smallest absolute Gasteiger partial charge is 0.243 e. The van der Waals surface area contributed by atoms with Crippen molar-refractivity contribution in [2.75, 3.05) is 43.7 Å². The molecule has 9 nitrogen and oxygen atoms in total. The molecule has 0 aromatic heterocycles. The molecule has 2 heterocycles. The average Bonchev–Trinajstić information content (AvgIpc) is 2.83. The van der Waals surface area contributed by atoms with E-state index in [9.17, 15) is 18.0 Å². The van der Waals surface area contributed by atoms with Gasteiger partial charge in [-0.1, -0.05) is 0 Å². The first-order valence-corrected chi connectivity index (χ1v) is 12.8. The largest absolute Gasteiger partial charge is 0.497 e. The number of nitrogens with one attached hydrogen (secondary N) is 2. The minimum absolute atomic E-state index is 0.134. The number of methoxy groups -OCH3 is 2. The third kappa shape index (κ3) is 4.94. The maximum Gasteiger partial charge on any atom is 0.243 e. The van der Waals surface area contributed by atoms with Crippen LogP contribution in [0.1, 0.15) is 12.8 Å². The highest BCUT2D eigenvalue weighted by Crippen LogP contribution is 2.35. The van der Waals surface area contributed by atoms with E-state index in [0.29, 0.717) is 41.5 Å². The molecule has 0 unspecified atom stereocenters. The van der Waals surface area contributed by atoms with Crippen LogP contribution in [0.15, 0.2) is 46.2 Å². The number of sulfonamides is 1.